The first kappa shape index (κ1) is 18.8. The minimum absolute atomic E-state index is 0.124. The predicted octanol–water partition coefficient (Wildman–Crippen LogP) is 2.16. The average Bonchev–Trinajstić information content (AvgIpc) is 2.91. The Hall–Kier alpha value is -2.99. The van der Waals surface area contributed by atoms with Gasteiger partial charge in [0, 0.05) is 12.1 Å². The van der Waals surface area contributed by atoms with Crippen LogP contribution in [0.2, 0.25) is 0 Å². The van der Waals surface area contributed by atoms with Gasteiger partial charge in [-0.3, -0.25) is 19.3 Å². The van der Waals surface area contributed by atoms with E-state index in [-0.39, 0.29) is 24.3 Å². The van der Waals surface area contributed by atoms with Crippen LogP contribution in [0.15, 0.2) is 48.5 Å². The van der Waals surface area contributed by atoms with E-state index >= 15 is 0 Å². The number of carbonyl (C=O) groups excluding carboxylic acids is 3. The summed E-state index contributed by atoms with van der Waals surface area (Å²) in [6, 6.07) is 13.8. The van der Waals surface area contributed by atoms with Crippen molar-refractivity contribution in [3.8, 4) is 0 Å². The fraction of sp³-hybridized carbons (Fsp3) is 0.286. The van der Waals surface area contributed by atoms with Crippen LogP contribution in [-0.4, -0.2) is 54.7 Å². The minimum atomic E-state index is -0.279. The molecule has 3 rings (SSSR count). The molecule has 140 valence electrons. The second-order valence-electron chi connectivity index (χ2n) is 6.85. The topological polar surface area (TPSA) is 69.7 Å². The maximum atomic E-state index is 12.4. The Labute approximate surface area is 158 Å². The summed E-state index contributed by atoms with van der Waals surface area (Å²) < 4.78 is 0. The number of hydrogen-bond acceptors (Lipinski definition) is 4. The zero-order valence-corrected chi connectivity index (χ0v) is 15.6. The third-order valence-electron chi connectivity index (χ3n) is 4.50. The quantitative estimate of drug-likeness (QED) is 0.603. The summed E-state index contributed by atoms with van der Waals surface area (Å²) >= 11 is 0. The number of amides is 3. The minimum Gasteiger partial charge on any atom is -0.352 e. The summed E-state index contributed by atoms with van der Waals surface area (Å²) in [5.74, 6) is -0.683. The van der Waals surface area contributed by atoms with Crippen molar-refractivity contribution in [1.29, 1.82) is 0 Å². The molecule has 1 aliphatic rings. The number of imide groups is 1. The lowest BCUT2D eigenvalue weighted by Gasteiger charge is -2.14. The van der Waals surface area contributed by atoms with Gasteiger partial charge in [0.1, 0.15) is 0 Å². The predicted molar refractivity (Wildman–Crippen MR) is 103 cm³/mol. The van der Waals surface area contributed by atoms with E-state index in [2.05, 4.69) is 10.2 Å². The van der Waals surface area contributed by atoms with Gasteiger partial charge in [0.2, 0.25) is 0 Å². The first-order valence-electron chi connectivity index (χ1n) is 8.94. The molecule has 6 heteroatoms. The van der Waals surface area contributed by atoms with Crippen LogP contribution in [0.3, 0.4) is 0 Å². The van der Waals surface area contributed by atoms with Crippen LogP contribution >= 0.6 is 0 Å². The number of fused-ring (bicyclic) bond motifs is 1. The van der Waals surface area contributed by atoms with Gasteiger partial charge in [0.25, 0.3) is 17.7 Å². The SMILES string of the molecule is CN(C)CCCNC(=O)c1ccc(CN2C(=O)c3ccccc3C2=O)cc1. The first-order chi connectivity index (χ1) is 13.0. The van der Waals surface area contributed by atoms with Gasteiger partial charge in [-0.1, -0.05) is 24.3 Å². The maximum Gasteiger partial charge on any atom is 0.261 e. The third kappa shape index (κ3) is 4.23. The van der Waals surface area contributed by atoms with Crippen LogP contribution in [0, 0.1) is 0 Å². The number of hydrogen-bond donors (Lipinski definition) is 1. The number of benzene rings is 2. The van der Waals surface area contributed by atoms with E-state index in [1.807, 2.05) is 14.1 Å². The van der Waals surface area contributed by atoms with Crippen LogP contribution in [0.1, 0.15) is 43.1 Å². The molecule has 1 N–H and O–H groups in total. The van der Waals surface area contributed by atoms with Gasteiger partial charge in [0.05, 0.1) is 17.7 Å². The molecule has 2 aromatic carbocycles. The molecule has 27 heavy (non-hydrogen) atoms. The molecule has 1 heterocycles. The summed E-state index contributed by atoms with van der Waals surface area (Å²) in [4.78, 5) is 40.3. The normalized spacial score (nSPS) is 13.2. The van der Waals surface area contributed by atoms with E-state index in [9.17, 15) is 14.4 Å². The Morgan fingerprint density at radius 3 is 2.11 bits per heavy atom. The molecule has 2 aromatic rings. The largest absolute Gasteiger partial charge is 0.352 e. The number of rotatable bonds is 7. The molecular formula is C21H23N3O3. The fourth-order valence-corrected chi connectivity index (χ4v) is 3.03. The lowest BCUT2D eigenvalue weighted by atomic mass is 10.1. The van der Waals surface area contributed by atoms with Gasteiger partial charge in [0.15, 0.2) is 0 Å². The smallest absolute Gasteiger partial charge is 0.261 e. The molecular weight excluding hydrogens is 342 g/mol. The van der Waals surface area contributed by atoms with Crippen molar-refractivity contribution >= 4 is 17.7 Å². The molecule has 0 aromatic heterocycles. The second kappa shape index (κ2) is 8.14. The van der Waals surface area contributed by atoms with Crippen LogP contribution in [0.4, 0.5) is 0 Å². The maximum absolute atomic E-state index is 12.4. The fourth-order valence-electron chi connectivity index (χ4n) is 3.03. The molecule has 0 atom stereocenters. The van der Waals surface area contributed by atoms with Crippen LogP contribution in [0.5, 0.6) is 0 Å². The Morgan fingerprint density at radius 2 is 1.56 bits per heavy atom. The molecule has 3 amide bonds. The van der Waals surface area contributed by atoms with E-state index in [1.165, 1.54) is 4.90 Å². The highest BCUT2D eigenvalue weighted by Gasteiger charge is 2.34. The molecule has 0 bridgehead atoms. The van der Waals surface area contributed by atoms with Gasteiger partial charge < -0.3 is 10.2 Å². The van der Waals surface area contributed by atoms with Crippen molar-refractivity contribution in [2.45, 2.75) is 13.0 Å². The summed E-state index contributed by atoms with van der Waals surface area (Å²) in [5.41, 5.74) is 2.24. The number of nitrogens with zero attached hydrogens (tertiary/aromatic N) is 2. The van der Waals surface area contributed by atoms with Crippen molar-refractivity contribution in [2.24, 2.45) is 0 Å². The Kier molecular flexibility index (Phi) is 5.66. The monoisotopic (exact) mass is 365 g/mol. The summed E-state index contributed by atoms with van der Waals surface area (Å²) in [7, 11) is 3.99. The molecule has 0 saturated heterocycles. The number of carbonyl (C=O) groups is 3. The van der Waals surface area contributed by atoms with Crippen molar-refractivity contribution < 1.29 is 14.4 Å². The van der Waals surface area contributed by atoms with Gasteiger partial charge in [-0.2, -0.15) is 0 Å². The van der Waals surface area contributed by atoms with Gasteiger partial charge >= 0.3 is 0 Å². The molecule has 0 spiro atoms. The van der Waals surface area contributed by atoms with Crippen LogP contribution in [-0.2, 0) is 6.54 Å². The molecule has 0 radical (unpaired) electrons. The van der Waals surface area contributed by atoms with Crippen LogP contribution < -0.4 is 5.32 Å². The van der Waals surface area contributed by atoms with E-state index in [0.717, 1.165) is 18.5 Å². The van der Waals surface area contributed by atoms with E-state index < -0.39 is 0 Å². The van der Waals surface area contributed by atoms with Crippen LogP contribution in [0.25, 0.3) is 0 Å². The first-order valence-corrected chi connectivity index (χ1v) is 8.94. The second-order valence-corrected chi connectivity index (χ2v) is 6.85. The van der Waals surface area contributed by atoms with E-state index in [4.69, 9.17) is 0 Å². The molecule has 0 fully saturated rings. The van der Waals surface area contributed by atoms with Crippen molar-refractivity contribution in [2.75, 3.05) is 27.2 Å². The molecule has 0 saturated carbocycles. The summed E-state index contributed by atoms with van der Waals surface area (Å²) in [5, 5.41) is 2.89. The molecule has 0 aliphatic carbocycles. The standard InChI is InChI=1S/C21H23N3O3/c1-23(2)13-5-12-22-19(25)16-10-8-15(9-11-16)14-24-20(26)17-6-3-4-7-18(17)21(24)27/h3-4,6-11H,5,12-14H2,1-2H3,(H,22,25). The Bertz CT molecular complexity index is 824. The lowest BCUT2D eigenvalue weighted by Crippen LogP contribution is -2.29. The summed E-state index contributed by atoms with van der Waals surface area (Å²) in [6.07, 6.45) is 0.885. The van der Waals surface area contributed by atoms with E-state index in [1.54, 1.807) is 48.5 Å². The van der Waals surface area contributed by atoms with E-state index in [0.29, 0.717) is 23.2 Å². The van der Waals surface area contributed by atoms with Crippen molar-refractivity contribution in [3.63, 3.8) is 0 Å². The summed E-state index contributed by atoms with van der Waals surface area (Å²) in [6.45, 7) is 1.73. The lowest BCUT2D eigenvalue weighted by molar-refractivity contribution is 0.0641. The Balaban J connectivity index is 1.59. The zero-order chi connectivity index (χ0) is 19.4. The molecule has 0 unspecified atom stereocenters. The highest BCUT2D eigenvalue weighted by atomic mass is 16.2. The van der Waals surface area contributed by atoms with Crippen molar-refractivity contribution in [3.05, 3.63) is 70.8 Å². The number of nitrogens with one attached hydrogen (secondary N) is 1. The molecule has 1 aliphatic heterocycles. The molecule has 6 nitrogen and oxygen atoms in total. The average molecular weight is 365 g/mol. The van der Waals surface area contributed by atoms with Gasteiger partial charge in [-0.05, 0) is 56.9 Å². The zero-order valence-electron chi connectivity index (χ0n) is 15.6. The highest BCUT2D eigenvalue weighted by Crippen LogP contribution is 2.24. The third-order valence-corrected chi connectivity index (χ3v) is 4.50. The Morgan fingerprint density at radius 1 is 0.963 bits per heavy atom. The van der Waals surface area contributed by atoms with Gasteiger partial charge in [-0.25, -0.2) is 0 Å². The van der Waals surface area contributed by atoms with Crippen molar-refractivity contribution in [1.82, 2.24) is 15.1 Å². The van der Waals surface area contributed by atoms with Gasteiger partial charge in [-0.15, -0.1) is 0 Å². The highest BCUT2D eigenvalue weighted by molar-refractivity contribution is 6.21.